The Hall–Kier alpha value is -1.81. The van der Waals surface area contributed by atoms with Gasteiger partial charge in [0.1, 0.15) is 11.4 Å². The van der Waals surface area contributed by atoms with E-state index >= 15 is 0 Å². The van der Waals surface area contributed by atoms with Crippen molar-refractivity contribution in [1.29, 1.82) is 0 Å². The van der Waals surface area contributed by atoms with Crippen LogP contribution in [-0.2, 0) is 4.79 Å². The first-order chi connectivity index (χ1) is 9.58. The Morgan fingerprint density at radius 1 is 1.50 bits per heavy atom. The molecule has 20 heavy (non-hydrogen) atoms. The van der Waals surface area contributed by atoms with Gasteiger partial charge in [-0.2, -0.15) is 0 Å². The Morgan fingerprint density at radius 3 is 3.15 bits per heavy atom. The number of nitrogens with zero attached hydrogens (tertiary/aromatic N) is 1. The highest BCUT2D eigenvalue weighted by Crippen LogP contribution is 2.38. The standard InChI is InChI=1S/C16H19NO3/c1-12-3-2-4-13-5-7-16(20-15(12)13)8-10-17(11-16)9-6-14(18)19/h2-5,7H,6,8-11H2,1H3,(H,18,19). The number of rotatable bonds is 3. The minimum atomic E-state index is -0.743. The van der Waals surface area contributed by atoms with E-state index in [0.717, 1.165) is 36.4 Å². The number of likely N-dealkylation sites (tertiary alicyclic amines) is 1. The average molecular weight is 273 g/mol. The molecular weight excluding hydrogens is 254 g/mol. The molecule has 0 saturated carbocycles. The van der Waals surface area contributed by atoms with Crippen LogP contribution in [-0.4, -0.2) is 41.2 Å². The molecule has 1 atom stereocenters. The third-order valence-electron chi connectivity index (χ3n) is 4.10. The molecule has 4 nitrogen and oxygen atoms in total. The maximum Gasteiger partial charge on any atom is 0.304 e. The number of aliphatic carboxylic acids is 1. The Morgan fingerprint density at radius 2 is 2.35 bits per heavy atom. The molecule has 2 aliphatic rings. The minimum absolute atomic E-state index is 0.190. The molecule has 1 spiro atoms. The summed E-state index contributed by atoms with van der Waals surface area (Å²) in [6, 6.07) is 6.15. The lowest BCUT2D eigenvalue weighted by Crippen LogP contribution is -2.39. The van der Waals surface area contributed by atoms with Crippen LogP contribution in [0.5, 0.6) is 5.75 Å². The molecule has 0 aliphatic carbocycles. The number of carboxylic acids is 1. The number of aryl methyl sites for hydroxylation is 1. The van der Waals surface area contributed by atoms with Crippen molar-refractivity contribution in [1.82, 2.24) is 4.90 Å². The maximum absolute atomic E-state index is 10.7. The fourth-order valence-corrected chi connectivity index (χ4v) is 2.97. The molecule has 1 aromatic rings. The summed E-state index contributed by atoms with van der Waals surface area (Å²) in [4.78, 5) is 12.8. The van der Waals surface area contributed by atoms with E-state index in [2.05, 4.69) is 36.1 Å². The number of para-hydroxylation sites is 1. The monoisotopic (exact) mass is 273 g/mol. The van der Waals surface area contributed by atoms with E-state index in [4.69, 9.17) is 9.84 Å². The Labute approximate surface area is 118 Å². The third-order valence-corrected chi connectivity index (χ3v) is 4.10. The first-order valence-electron chi connectivity index (χ1n) is 7.00. The van der Waals surface area contributed by atoms with Crippen LogP contribution in [0.1, 0.15) is 24.0 Å². The molecule has 3 rings (SSSR count). The van der Waals surface area contributed by atoms with Crippen molar-refractivity contribution in [2.45, 2.75) is 25.4 Å². The summed E-state index contributed by atoms with van der Waals surface area (Å²) in [7, 11) is 0. The summed E-state index contributed by atoms with van der Waals surface area (Å²) in [5.74, 6) is 0.224. The van der Waals surface area contributed by atoms with E-state index in [1.54, 1.807) is 0 Å². The number of fused-ring (bicyclic) bond motifs is 1. The molecule has 2 aliphatic heterocycles. The second-order valence-electron chi connectivity index (χ2n) is 5.66. The van der Waals surface area contributed by atoms with Crippen LogP contribution in [0, 0.1) is 6.92 Å². The topological polar surface area (TPSA) is 49.8 Å². The van der Waals surface area contributed by atoms with Crippen LogP contribution in [0.2, 0.25) is 0 Å². The van der Waals surface area contributed by atoms with Gasteiger partial charge in [0.2, 0.25) is 0 Å². The van der Waals surface area contributed by atoms with Crippen molar-refractivity contribution in [3.05, 3.63) is 35.4 Å². The predicted molar refractivity (Wildman–Crippen MR) is 76.9 cm³/mol. The average Bonchev–Trinajstić information content (AvgIpc) is 2.81. The predicted octanol–water partition coefficient (Wildman–Crippen LogP) is 2.32. The van der Waals surface area contributed by atoms with Crippen LogP contribution in [0.25, 0.3) is 6.08 Å². The van der Waals surface area contributed by atoms with Crippen LogP contribution in [0.15, 0.2) is 24.3 Å². The lowest BCUT2D eigenvalue weighted by Gasteiger charge is -2.32. The van der Waals surface area contributed by atoms with Gasteiger partial charge >= 0.3 is 5.97 Å². The zero-order chi connectivity index (χ0) is 14.2. The molecular formula is C16H19NO3. The van der Waals surface area contributed by atoms with Gasteiger partial charge in [0.25, 0.3) is 0 Å². The van der Waals surface area contributed by atoms with Gasteiger partial charge < -0.3 is 9.84 Å². The Bertz CT molecular complexity index is 567. The fraction of sp³-hybridized carbons (Fsp3) is 0.438. The first-order valence-corrected chi connectivity index (χ1v) is 7.00. The zero-order valence-electron chi connectivity index (χ0n) is 11.6. The van der Waals surface area contributed by atoms with Gasteiger partial charge in [0.05, 0.1) is 6.42 Å². The maximum atomic E-state index is 10.7. The van der Waals surface area contributed by atoms with E-state index in [0.29, 0.717) is 6.54 Å². The molecule has 106 valence electrons. The van der Waals surface area contributed by atoms with Crippen molar-refractivity contribution in [3.63, 3.8) is 0 Å². The highest BCUT2D eigenvalue weighted by atomic mass is 16.5. The number of benzene rings is 1. The van der Waals surface area contributed by atoms with Gasteiger partial charge in [0, 0.05) is 31.6 Å². The first kappa shape index (κ1) is 13.2. The number of hydrogen-bond acceptors (Lipinski definition) is 3. The van der Waals surface area contributed by atoms with Gasteiger partial charge in [-0.3, -0.25) is 9.69 Å². The molecule has 0 aromatic heterocycles. The van der Waals surface area contributed by atoms with Crippen molar-refractivity contribution < 1.29 is 14.6 Å². The number of carbonyl (C=O) groups is 1. The SMILES string of the molecule is Cc1cccc2c1OC1(C=C2)CCN(CCC(=O)O)C1. The van der Waals surface area contributed by atoms with Crippen molar-refractivity contribution in [3.8, 4) is 5.75 Å². The van der Waals surface area contributed by atoms with E-state index in [1.165, 1.54) is 0 Å². The minimum Gasteiger partial charge on any atom is -0.481 e. The highest BCUT2D eigenvalue weighted by molar-refractivity contribution is 5.67. The fourth-order valence-electron chi connectivity index (χ4n) is 2.97. The van der Waals surface area contributed by atoms with Gasteiger partial charge in [-0.05, 0) is 18.6 Å². The van der Waals surface area contributed by atoms with Crippen molar-refractivity contribution in [2.24, 2.45) is 0 Å². The normalized spacial score (nSPS) is 24.6. The van der Waals surface area contributed by atoms with Gasteiger partial charge in [0.15, 0.2) is 0 Å². The van der Waals surface area contributed by atoms with Crippen LogP contribution < -0.4 is 4.74 Å². The van der Waals surface area contributed by atoms with Crippen LogP contribution in [0.4, 0.5) is 0 Å². The van der Waals surface area contributed by atoms with E-state index < -0.39 is 5.97 Å². The molecule has 4 heteroatoms. The summed E-state index contributed by atoms with van der Waals surface area (Å²) in [6.45, 7) is 4.31. The summed E-state index contributed by atoms with van der Waals surface area (Å²) in [5.41, 5.74) is 1.99. The van der Waals surface area contributed by atoms with Crippen molar-refractivity contribution in [2.75, 3.05) is 19.6 Å². The molecule has 1 aromatic carbocycles. The molecule has 2 heterocycles. The second-order valence-corrected chi connectivity index (χ2v) is 5.66. The van der Waals surface area contributed by atoms with Gasteiger partial charge in [-0.25, -0.2) is 0 Å². The molecule has 0 amide bonds. The van der Waals surface area contributed by atoms with E-state index in [9.17, 15) is 4.79 Å². The summed E-state index contributed by atoms with van der Waals surface area (Å²) >= 11 is 0. The lowest BCUT2D eigenvalue weighted by atomic mass is 9.96. The second kappa shape index (κ2) is 4.94. The largest absolute Gasteiger partial charge is 0.481 e. The molecule has 0 bridgehead atoms. The molecule has 1 saturated heterocycles. The Kier molecular flexibility index (Phi) is 3.26. The molecule has 0 radical (unpaired) electrons. The Balaban J connectivity index is 1.74. The number of carboxylic acid groups (broad SMARTS) is 1. The third kappa shape index (κ3) is 2.43. The molecule has 1 unspecified atom stereocenters. The summed E-state index contributed by atoms with van der Waals surface area (Å²) < 4.78 is 6.27. The van der Waals surface area contributed by atoms with Crippen molar-refractivity contribution >= 4 is 12.0 Å². The van der Waals surface area contributed by atoms with Crippen LogP contribution >= 0.6 is 0 Å². The zero-order valence-corrected chi connectivity index (χ0v) is 11.6. The molecule has 1 fully saturated rings. The summed E-state index contributed by atoms with van der Waals surface area (Å²) in [6.07, 6.45) is 5.37. The molecule has 1 N–H and O–H groups in total. The summed E-state index contributed by atoms with van der Waals surface area (Å²) in [5, 5.41) is 8.77. The van der Waals surface area contributed by atoms with Gasteiger partial charge in [-0.15, -0.1) is 0 Å². The van der Waals surface area contributed by atoms with Crippen LogP contribution in [0.3, 0.4) is 0 Å². The van der Waals surface area contributed by atoms with E-state index in [1.807, 2.05) is 6.07 Å². The quantitative estimate of drug-likeness (QED) is 0.918. The number of ether oxygens (including phenoxy) is 1. The smallest absolute Gasteiger partial charge is 0.304 e. The highest BCUT2D eigenvalue weighted by Gasteiger charge is 2.40. The number of hydrogen-bond donors (Lipinski definition) is 1. The van der Waals surface area contributed by atoms with E-state index in [-0.39, 0.29) is 12.0 Å². The van der Waals surface area contributed by atoms with Gasteiger partial charge in [-0.1, -0.05) is 24.3 Å². The lowest BCUT2D eigenvalue weighted by molar-refractivity contribution is -0.137.